The molecule has 0 aliphatic carbocycles. The topological polar surface area (TPSA) is 76.1 Å². The Morgan fingerprint density at radius 3 is 2.24 bits per heavy atom. The van der Waals surface area contributed by atoms with E-state index in [1.54, 1.807) is 25.1 Å². The summed E-state index contributed by atoms with van der Waals surface area (Å²) in [6.45, 7) is 2.08. The van der Waals surface area contributed by atoms with Gasteiger partial charge in [0, 0.05) is 6.54 Å². The number of benzene rings is 1. The van der Waals surface area contributed by atoms with Gasteiger partial charge in [-0.15, -0.1) is 0 Å². The molecular formula is C14H15NO5S. The van der Waals surface area contributed by atoms with Crippen LogP contribution in [-0.4, -0.2) is 41.9 Å². The number of nitrogens with zero attached hydrogens (tertiary/aromatic N) is 1. The summed E-state index contributed by atoms with van der Waals surface area (Å²) in [5, 5.41) is 9.56. The Balaban J connectivity index is 2.42. The van der Waals surface area contributed by atoms with Crippen LogP contribution in [0.15, 0.2) is 17.0 Å². The summed E-state index contributed by atoms with van der Waals surface area (Å²) in [5.41, 5.74) is 0.600. The lowest BCUT2D eigenvalue weighted by Crippen LogP contribution is -2.27. The van der Waals surface area contributed by atoms with Gasteiger partial charge in [-0.3, -0.25) is 14.5 Å². The number of amides is 2. The Hall–Kier alpha value is -2.15. The van der Waals surface area contributed by atoms with Crippen LogP contribution in [0.3, 0.4) is 0 Å². The first-order chi connectivity index (χ1) is 10.0. The first-order valence-corrected chi connectivity index (χ1v) is 7.03. The molecule has 7 heteroatoms. The number of hydrogen-bond donors (Lipinski definition) is 1. The van der Waals surface area contributed by atoms with E-state index in [4.69, 9.17) is 9.47 Å². The van der Waals surface area contributed by atoms with E-state index in [1.807, 2.05) is 0 Å². The van der Waals surface area contributed by atoms with E-state index in [2.05, 4.69) is 0 Å². The van der Waals surface area contributed by atoms with Gasteiger partial charge in [-0.1, -0.05) is 0 Å². The fourth-order valence-corrected chi connectivity index (χ4v) is 2.82. The molecule has 0 bridgehead atoms. The van der Waals surface area contributed by atoms with Crippen LogP contribution in [-0.2, 0) is 4.79 Å². The third-order valence-corrected chi connectivity index (χ3v) is 3.90. The first kappa shape index (κ1) is 15.2. The zero-order chi connectivity index (χ0) is 15.6. The number of carbonyl (C=O) groups is 2. The van der Waals surface area contributed by atoms with Gasteiger partial charge in [-0.2, -0.15) is 0 Å². The molecule has 1 saturated heterocycles. The minimum Gasteiger partial charge on any atom is -0.502 e. The summed E-state index contributed by atoms with van der Waals surface area (Å²) in [7, 11) is 2.84. The molecule has 0 unspecified atom stereocenters. The van der Waals surface area contributed by atoms with E-state index in [0.717, 1.165) is 11.8 Å². The van der Waals surface area contributed by atoms with E-state index in [0.29, 0.717) is 17.0 Å². The Kier molecular flexibility index (Phi) is 4.42. The molecule has 21 heavy (non-hydrogen) atoms. The minimum atomic E-state index is -0.321. The van der Waals surface area contributed by atoms with Crippen molar-refractivity contribution in [2.45, 2.75) is 6.92 Å². The van der Waals surface area contributed by atoms with Crippen LogP contribution >= 0.6 is 11.8 Å². The maximum atomic E-state index is 12.0. The lowest BCUT2D eigenvalue weighted by molar-refractivity contribution is -0.122. The van der Waals surface area contributed by atoms with Gasteiger partial charge in [0.15, 0.2) is 11.5 Å². The van der Waals surface area contributed by atoms with Crippen LogP contribution in [0.1, 0.15) is 12.5 Å². The molecule has 1 N–H and O–H groups in total. The molecule has 0 atom stereocenters. The van der Waals surface area contributed by atoms with Crippen LogP contribution in [0, 0.1) is 0 Å². The first-order valence-electron chi connectivity index (χ1n) is 6.22. The molecule has 1 fully saturated rings. The smallest absolute Gasteiger partial charge is 0.293 e. The summed E-state index contributed by atoms with van der Waals surface area (Å²) in [6, 6.07) is 3.13. The zero-order valence-electron chi connectivity index (χ0n) is 11.9. The molecule has 1 aliphatic rings. The maximum absolute atomic E-state index is 12.0. The summed E-state index contributed by atoms with van der Waals surface area (Å²) >= 11 is 0.887. The Morgan fingerprint density at radius 1 is 1.24 bits per heavy atom. The van der Waals surface area contributed by atoms with Gasteiger partial charge < -0.3 is 14.6 Å². The van der Waals surface area contributed by atoms with Gasteiger partial charge in [0.05, 0.1) is 19.1 Å². The number of phenolic OH excluding ortho intramolecular Hbond substituents is 1. The van der Waals surface area contributed by atoms with E-state index < -0.39 is 0 Å². The SMILES string of the molecule is CCN1C(=O)S/C(=C/c2cc(OC)c(O)c(OC)c2)C1=O. The van der Waals surface area contributed by atoms with Crippen molar-refractivity contribution in [2.75, 3.05) is 20.8 Å². The van der Waals surface area contributed by atoms with Crippen molar-refractivity contribution in [3.63, 3.8) is 0 Å². The number of hydrogen-bond acceptors (Lipinski definition) is 6. The molecule has 2 amide bonds. The molecule has 0 aromatic heterocycles. The molecule has 1 heterocycles. The number of carbonyl (C=O) groups excluding carboxylic acids is 2. The molecule has 1 aliphatic heterocycles. The molecule has 0 radical (unpaired) electrons. The highest BCUT2D eigenvalue weighted by atomic mass is 32.2. The third kappa shape index (κ3) is 2.82. The van der Waals surface area contributed by atoms with Crippen molar-refractivity contribution >= 4 is 29.0 Å². The fourth-order valence-electron chi connectivity index (χ4n) is 1.92. The summed E-state index contributed by atoms with van der Waals surface area (Å²) in [4.78, 5) is 25.2. The molecule has 2 rings (SSSR count). The quantitative estimate of drug-likeness (QED) is 0.861. The van der Waals surface area contributed by atoms with E-state index in [-0.39, 0.29) is 28.4 Å². The summed E-state index contributed by atoms with van der Waals surface area (Å²) in [5.74, 6) is 0.0305. The second-order valence-corrected chi connectivity index (χ2v) is 5.19. The van der Waals surface area contributed by atoms with Gasteiger partial charge >= 0.3 is 0 Å². The largest absolute Gasteiger partial charge is 0.502 e. The lowest BCUT2D eigenvalue weighted by atomic mass is 10.1. The summed E-state index contributed by atoms with van der Waals surface area (Å²) in [6.07, 6.45) is 1.57. The second kappa shape index (κ2) is 6.09. The number of imide groups is 1. The monoisotopic (exact) mass is 309 g/mol. The van der Waals surface area contributed by atoms with Crippen molar-refractivity contribution in [2.24, 2.45) is 0 Å². The number of likely N-dealkylation sites (N-methyl/N-ethyl adjacent to an activating group) is 1. The normalized spacial score (nSPS) is 16.7. The lowest BCUT2D eigenvalue weighted by Gasteiger charge is -2.10. The number of methoxy groups -OCH3 is 2. The van der Waals surface area contributed by atoms with Gasteiger partial charge in [0.25, 0.3) is 11.1 Å². The van der Waals surface area contributed by atoms with E-state index in [9.17, 15) is 14.7 Å². The van der Waals surface area contributed by atoms with Crippen LogP contribution in [0.5, 0.6) is 17.2 Å². The number of phenols is 1. The van der Waals surface area contributed by atoms with Crippen molar-refractivity contribution < 1.29 is 24.2 Å². The number of thioether (sulfide) groups is 1. The zero-order valence-corrected chi connectivity index (χ0v) is 12.7. The van der Waals surface area contributed by atoms with E-state index >= 15 is 0 Å². The second-order valence-electron chi connectivity index (χ2n) is 4.20. The van der Waals surface area contributed by atoms with Crippen LogP contribution in [0.25, 0.3) is 6.08 Å². The average molecular weight is 309 g/mol. The highest BCUT2D eigenvalue weighted by Gasteiger charge is 2.33. The Morgan fingerprint density at radius 2 is 1.81 bits per heavy atom. The summed E-state index contributed by atoms with van der Waals surface area (Å²) < 4.78 is 10.1. The minimum absolute atomic E-state index is 0.112. The molecule has 0 saturated carbocycles. The number of ether oxygens (including phenoxy) is 2. The van der Waals surface area contributed by atoms with Crippen molar-refractivity contribution in [1.29, 1.82) is 0 Å². The maximum Gasteiger partial charge on any atom is 0.293 e. The van der Waals surface area contributed by atoms with Crippen LogP contribution in [0.2, 0.25) is 0 Å². The van der Waals surface area contributed by atoms with Gasteiger partial charge in [-0.05, 0) is 42.5 Å². The van der Waals surface area contributed by atoms with Crippen LogP contribution < -0.4 is 9.47 Å². The van der Waals surface area contributed by atoms with Gasteiger partial charge in [-0.25, -0.2) is 0 Å². The molecule has 0 spiro atoms. The molecular weight excluding hydrogens is 294 g/mol. The third-order valence-electron chi connectivity index (χ3n) is 2.99. The van der Waals surface area contributed by atoms with Gasteiger partial charge in [0.1, 0.15) is 0 Å². The van der Waals surface area contributed by atoms with E-state index in [1.165, 1.54) is 19.1 Å². The standard InChI is InChI=1S/C14H15NO5S/c1-4-15-13(17)11(21-14(15)18)7-8-5-9(19-2)12(16)10(6-8)20-3/h5-7,16H,4H2,1-3H3/b11-7+. The molecule has 112 valence electrons. The number of rotatable bonds is 4. The Bertz CT molecular complexity index is 601. The molecule has 1 aromatic carbocycles. The highest BCUT2D eigenvalue weighted by molar-refractivity contribution is 8.18. The van der Waals surface area contributed by atoms with Crippen molar-refractivity contribution in [1.82, 2.24) is 4.90 Å². The number of aromatic hydroxyl groups is 1. The van der Waals surface area contributed by atoms with Crippen LogP contribution in [0.4, 0.5) is 4.79 Å². The van der Waals surface area contributed by atoms with Crippen molar-refractivity contribution in [3.8, 4) is 17.2 Å². The molecule has 6 nitrogen and oxygen atoms in total. The predicted octanol–water partition coefficient (Wildman–Crippen LogP) is 2.47. The molecule has 1 aromatic rings. The van der Waals surface area contributed by atoms with Gasteiger partial charge in [0.2, 0.25) is 5.75 Å². The predicted molar refractivity (Wildman–Crippen MR) is 79.6 cm³/mol. The average Bonchev–Trinajstić information content (AvgIpc) is 2.74. The fraction of sp³-hybridized carbons (Fsp3) is 0.286. The Labute approximate surface area is 126 Å². The van der Waals surface area contributed by atoms with Crippen molar-refractivity contribution in [3.05, 3.63) is 22.6 Å². The highest BCUT2D eigenvalue weighted by Crippen LogP contribution is 2.39.